The van der Waals surface area contributed by atoms with E-state index in [4.69, 9.17) is 10.5 Å². The van der Waals surface area contributed by atoms with Crippen LogP contribution in [0.2, 0.25) is 0 Å². The van der Waals surface area contributed by atoms with Crippen LogP contribution in [0.5, 0.6) is 5.75 Å². The van der Waals surface area contributed by atoms with E-state index >= 15 is 0 Å². The molecule has 1 aliphatic carbocycles. The van der Waals surface area contributed by atoms with Crippen molar-refractivity contribution in [1.82, 2.24) is 0 Å². The highest BCUT2D eigenvalue weighted by Crippen LogP contribution is 2.35. The lowest BCUT2D eigenvalue weighted by Gasteiger charge is -2.18. The lowest BCUT2D eigenvalue weighted by molar-refractivity contribution is -0.385. The number of nitrogens with zero attached hydrogens (tertiary/aromatic N) is 1. The van der Waals surface area contributed by atoms with E-state index in [2.05, 4.69) is 5.32 Å². The van der Waals surface area contributed by atoms with E-state index in [0.29, 0.717) is 24.8 Å². The third-order valence-corrected chi connectivity index (χ3v) is 3.42. The molecule has 1 fully saturated rings. The van der Waals surface area contributed by atoms with Crippen molar-refractivity contribution in [2.45, 2.75) is 32.2 Å². The number of benzene rings is 1. The fraction of sp³-hybridized carbons (Fsp3) is 0.571. The number of nitro groups is 1. The van der Waals surface area contributed by atoms with Crippen molar-refractivity contribution in [3.8, 4) is 5.75 Å². The Morgan fingerprint density at radius 3 is 2.85 bits per heavy atom. The van der Waals surface area contributed by atoms with Crippen molar-refractivity contribution in [3.63, 3.8) is 0 Å². The van der Waals surface area contributed by atoms with Crippen LogP contribution < -0.4 is 15.8 Å². The van der Waals surface area contributed by atoms with E-state index in [1.165, 1.54) is 18.9 Å². The SMILES string of the molecule is CCCOc1cc(NC(CN)C2CC2)ccc1[N+](=O)[O-]. The second-order valence-electron chi connectivity index (χ2n) is 5.11. The van der Waals surface area contributed by atoms with Gasteiger partial charge < -0.3 is 15.8 Å². The highest BCUT2D eigenvalue weighted by molar-refractivity contribution is 5.58. The highest BCUT2D eigenvalue weighted by atomic mass is 16.6. The van der Waals surface area contributed by atoms with Crippen LogP contribution in [0.1, 0.15) is 26.2 Å². The number of rotatable bonds is 8. The quantitative estimate of drug-likeness (QED) is 0.563. The van der Waals surface area contributed by atoms with Crippen LogP contribution in [0.25, 0.3) is 0 Å². The molecule has 0 radical (unpaired) electrons. The standard InChI is InChI=1S/C14H21N3O3/c1-2-7-20-14-8-11(5-6-13(14)17(18)19)16-12(9-15)10-3-4-10/h5-6,8,10,12,16H,2-4,7,9,15H2,1H3. The molecular weight excluding hydrogens is 258 g/mol. The topological polar surface area (TPSA) is 90.4 Å². The summed E-state index contributed by atoms with van der Waals surface area (Å²) in [5, 5.41) is 14.3. The molecule has 110 valence electrons. The van der Waals surface area contributed by atoms with Crippen LogP contribution in [-0.4, -0.2) is 24.1 Å². The fourth-order valence-corrected chi connectivity index (χ4v) is 2.16. The molecule has 0 bridgehead atoms. The maximum Gasteiger partial charge on any atom is 0.311 e. The van der Waals surface area contributed by atoms with Gasteiger partial charge in [-0.15, -0.1) is 0 Å². The van der Waals surface area contributed by atoms with Gasteiger partial charge in [-0.25, -0.2) is 0 Å². The van der Waals surface area contributed by atoms with E-state index in [1.54, 1.807) is 12.1 Å². The molecule has 1 unspecified atom stereocenters. The number of anilines is 1. The van der Waals surface area contributed by atoms with Crippen LogP contribution in [-0.2, 0) is 0 Å². The molecule has 6 nitrogen and oxygen atoms in total. The molecule has 6 heteroatoms. The molecule has 20 heavy (non-hydrogen) atoms. The van der Waals surface area contributed by atoms with E-state index in [0.717, 1.165) is 12.1 Å². The number of ether oxygens (including phenoxy) is 1. The summed E-state index contributed by atoms with van der Waals surface area (Å²) < 4.78 is 5.47. The zero-order valence-electron chi connectivity index (χ0n) is 11.7. The van der Waals surface area contributed by atoms with Crippen molar-refractivity contribution in [3.05, 3.63) is 28.3 Å². The van der Waals surface area contributed by atoms with Crippen molar-refractivity contribution < 1.29 is 9.66 Å². The molecule has 3 N–H and O–H groups in total. The summed E-state index contributed by atoms with van der Waals surface area (Å²) >= 11 is 0. The average molecular weight is 279 g/mol. The minimum atomic E-state index is -0.421. The average Bonchev–Trinajstić information content (AvgIpc) is 3.26. The maximum absolute atomic E-state index is 11.0. The van der Waals surface area contributed by atoms with Crippen molar-refractivity contribution in [2.75, 3.05) is 18.5 Å². The van der Waals surface area contributed by atoms with Gasteiger partial charge in [0.05, 0.1) is 11.5 Å². The minimum absolute atomic E-state index is 0.000259. The first-order valence-electron chi connectivity index (χ1n) is 7.03. The first-order chi connectivity index (χ1) is 9.65. The van der Waals surface area contributed by atoms with Gasteiger partial charge in [-0.3, -0.25) is 10.1 Å². The summed E-state index contributed by atoms with van der Waals surface area (Å²) in [6, 6.07) is 5.12. The Bertz CT molecular complexity index is 475. The van der Waals surface area contributed by atoms with Gasteiger partial charge in [-0.05, 0) is 31.2 Å². The summed E-state index contributed by atoms with van der Waals surface area (Å²) in [5.41, 5.74) is 6.58. The molecule has 1 aromatic rings. The van der Waals surface area contributed by atoms with Crippen LogP contribution in [0.4, 0.5) is 11.4 Å². The summed E-state index contributed by atoms with van der Waals surface area (Å²) in [7, 11) is 0. The second kappa shape index (κ2) is 6.56. The van der Waals surface area contributed by atoms with E-state index < -0.39 is 4.92 Å². The zero-order chi connectivity index (χ0) is 14.5. The normalized spacial score (nSPS) is 15.7. The van der Waals surface area contributed by atoms with Crippen molar-refractivity contribution in [1.29, 1.82) is 0 Å². The fourth-order valence-electron chi connectivity index (χ4n) is 2.16. The summed E-state index contributed by atoms with van der Waals surface area (Å²) in [6.07, 6.45) is 3.20. The number of nitro benzene ring substituents is 1. The summed E-state index contributed by atoms with van der Waals surface area (Å²) in [6.45, 7) is 2.99. The molecular formula is C14H21N3O3. The smallest absolute Gasteiger partial charge is 0.311 e. The molecule has 1 aliphatic rings. The van der Waals surface area contributed by atoms with E-state index in [-0.39, 0.29) is 11.7 Å². The van der Waals surface area contributed by atoms with Gasteiger partial charge >= 0.3 is 5.69 Å². The zero-order valence-corrected chi connectivity index (χ0v) is 11.7. The second-order valence-corrected chi connectivity index (χ2v) is 5.11. The lowest BCUT2D eigenvalue weighted by atomic mass is 10.1. The van der Waals surface area contributed by atoms with Crippen LogP contribution >= 0.6 is 0 Å². The van der Waals surface area contributed by atoms with Gasteiger partial charge in [-0.2, -0.15) is 0 Å². The number of nitrogens with one attached hydrogen (secondary N) is 1. The molecule has 1 atom stereocenters. The monoisotopic (exact) mass is 279 g/mol. The van der Waals surface area contributed by atoms with E-state index in [1.807, 2.05) is 6.92 Å². The van der Waals surface area contributed by atoms with E-state index in [9.17, 15) is 10.1 Å². The summed E-state index contributed by atoms with van der Waals surface area (Å²) in [4.78, 5) is 10.6. The molecule has 1 saturated carbocycles. The van der Waals surface area contributed by atoms with Gasteiger partial charge in [0.2, 0.25) is 0 Å². The minimum Gasteiger partial charge on any atom is -0.487 e. The Balaban J connectivity index is 2.14. The Kier molecular flexibility index (Phi) is 4.79. The van der Waals surface area contributed by atoms with Gasteiger partial charge in [0.15, 0.2) is 5.75 Å². The number of hydrogen-bond donors (Lipinski definition) is 2. The first-order valence-corrected chi connectivity index (χ1v) is 7.03. The molecule has 0 amide bonds. The maximum atomic E-state index is 11.0. The third kappa shape index (κ3) is 3.60. The molecule has 1 aromatic carbocycles. The predicted molar refractivity (Wildman–Crippen MR) is 78.1 cm³/mol. The van der Waals surface area contributed by atoms with Crippen molar-refractivity contribution >= 4 is 11.4 Å². The van der Waals surface area contributed by atoms with Gasteiger partial charge in [0.1, 0.15) is 0 Å². The number of nitrogens with two attached hydrogens (primary N) is 1. The molecule has 0 heterocycles. The van der Waals surface area contributed by atoms with Crippen molar-refractivity contribution in [2.24, 2.45) is 11.7 Å². The lowest BCUT2D eigenvalue weighted by Crippen LogP contribution is -2.30. The van der Waals surface area contributed by atoms with Crippen LogP contribution in [0.3, 0.4) is 0 Å². The van der Waals surface area contributed by atoms with Crippen LogP contribution in [0.15, 0.2) is 18.2 Å². The van der Waals surface area contributed by atoms with Gasteiger partial charge in [0.25, 0.3) is 0 Å². The molecule has 0 spiro atoms. The first kappa shape index (κ1) is 14.6. The Hall–Kier alpha value is -1.82. The number of hydrogen-bond acceptors (Lipinski definition) is 5. The molecule has 2 rings (SSSR count). The largest absolute Gasteiger partial charge is 0.487 e. The third-order valence-electron chi connectivity index (χ3n) is 3.42. The van der Waals surface area contributed by atoms with Gasteiger partial charge in [-0.1, -0.05) is 6.92 Å². The molecule has 0 saturated heterocycles. The van der Waals surface area contributed by atoms with Crippen LogP contribution in [0, 0.1) is 16.0 Å². The molecule has 0 aliphatic heterocycles. The highest BCUT2D eigenvalue weighted by Gasteiger charge is 2.30. The Morgan fingerprint density at radius 1 is 1.55 bits per heavy atom. The van der Waals surface area contributed by atoms with Gasteiger partial charge in [0, 0.05) is 30.4 Å². The molecule has 0 aromatic heterocycles. The Morgan fingerprint density at radius 2 is 2.30 bits per heavy atom. The predicted octanol–water partition coefficient (Wildman–Crippen LogP) is 2.53. The summed E-state index contributed by atoms with van der Waals surface area (Å²) in [5.74, 6) is 0.934. The Labute approximate surface area is 118 Å².